The van der Waals surface area contributed by atoms with Crippen molar-refractivity contribution >= 4 is 31.1 Å². The lowest BCUT2D eigenvalue weighted by Crippen LogP contribution is -2.21. The first-order valence-corrected chi connectivity index (χ1v) is 14.1. The lowest BCUT2D eigenvalue weighted by atomic mass is 10.1. The zero-order valence-electron chi connectivity index (χ0n) is 18.6. The van der Waals surface area contributed by atoms with Gasteiger partial charge in [0.25, 0.3) is 0 Å². The number of aliphatic imine (C=N–C) groups is 1. The molecule has 0 spiro atoms. The van der Waals surface area contributed by atoms with Gasteiger partial charge in [-0.2, -0.15) is 0 Å². The van der Waals surface area contributed by atoms with E-state index >= 15 is 0 Å². The summed E-state index contributed by atoms with van der Waals surface area (Å²) in [5.41, 5.74) is 8.85. The number of benzene rings is 2. The van der Waals surface area contributed by atoms with Gasteiger partial charge < -0.3 is 15.2 Å². The molecule has 0 aliphatic rings. The molecule has 0 unspecified atom stereocenters. The second-order valence-electron chi connectivity index (χ2n) is 8.44. The lowest BCUT2D eigenvalue weighted by Gasteiger charge is -2.14. The van der Waals surface area contributed by atoms with E-state index in [0.29, 0.717) is 41.2 Å². The number of aldehydes is 1. The van der Waals surface area contributed by atoms with Crippen LogP contribution in [-0.2, 0) is 4.74 Å². The molecule has 8 heteroatoms. The van der Waals surface area contributed by atoms with Gasteiger partial charge in [-0.25, -0.2) is 4.98 Å². The van der Waals surface area contributed by atoms with Crippen molar-refractivity contribution in [3.63, 3.8) is 0 Å². The molecular formula is C24H28N4O3Si. The first-order chi connectivity index (χ1) is 15.4. The number of fused-ring (bicyclic) bond motifs is 1. The molecule has 166 valence electrons. The Bertz CT molecular complexity index is 1120. The number of ether oxygens (including phenoxy) is 2. The van der Waals surface area contributed by atoms with Crippen LogP contribution < -0.4 is 10.5 Å². The molecule has 0 amide bonds. The van der Waals surface area contributed by atoms with Crippen molar-refractivity contribution in [3.05, 3.63) is 72.2 Å². The summed E-state index contributed by atoms with van der Waals surface area (Å²) in [5.74, 6) is 1.30. The van der Waals surface area contributed by atoms with E-state index in [1.807, 2.05) is 24.3 Å². The zero-order valence-corrected chi connectivity index (χ0v) is 19.6. The predicted octanol–water partition coefficient (Wildman–Crippen LogP) is 4.81. The average molecular weight is 449 g/mol. The highest BCUT2D eigenvalue weighted by molar-refractivity contribution is 6.76. The van der Waals surface area contributed by atoms with Crippen LogP contribution in [0, 0.1) is 0 Å². The van der Waals surface area contributed by atoms with Crippen molar-refractivity contribution in [2.24, 2.45) is 10.7 Å². The van der Waals surface area contributed by atoms with Crippen molar-refractivity contribution in [2.45, 2.75) is 25.7 Å². The maximum atomic E-state index is 10.8. The maximum Gasteiger partial charge on any atom is 0.170 e. The monoisotopic (exact) mass is 448 g/mol. The summed E-state index contributed by atoms with van der Waals surface area (Å²) in [6, 6.07) is 14.0. The molecule has 2 aromatic carbocycles. The Balaban J connectivity index is 1.66. The number of hydrogen-bond acceptors (Lipinski definition) is 7. The highest BCUT2D eigenvalue weighted by atomic mass is 28.3. The minimum atomic E-state index is -1.11. The van der Waals surface area contributed by atoms with Crippen LogP contribution in [0.15, 0.2) is 65.9 Å². The molecule has 2 N–H and O–H groups in total. The van der Waals surface area contributed by atoms with Gasteiger partial charge in [-0.3, -0.25) is 14.8 Å². The van der Waals surface area contributed by atoms with Gasteiger partial charge in [-0.15, -0.1) is 0 Å². The molecule has 1 heterocycles. The molecule has 0 saturated heterocycles. The number of carbonyl (C=O) groups is 1. The molecule has 0 aliphatic heterocycles. The van der Waals surface area contributed by atoms with Crippen LogP contribution in [0.3, 0.4) is 0 Å². The highest BCUT2D eigenvalue weighted by Crippen LogP contribution is 2.24. The minimum Gasteiger partial charge on any atom is -0.457 e. The molecule has 0 atom stereocenters. The third-order valence-corrected chi connectivity index (χ3v) is 6.32. The van der Waals surface area contributed by atoms with Crippen molar-refractivity contribution in [1.29, 1.82) is 0 Å². The fourth-order valence-corrected chi connectivity index (χ4v) is 3.60. The van der Waals surface area contributed by atoms with Crippen molar-refractivity contribution < 1.29 is 14.3 Å². The third-order valence-electron chi connectivity index (χ3n) is 4.62. The lowest BCUT2D eigenvalue weighted by molar-refractivity contribution is 0.111. The Morgan fingerprint density at radius 3 is 2.53 bits per heavy atom. The predicted molar refractivity (Wildman–Crippen MR) is 130 cm³/mol. The molecule has 1 aromatic heterocycles. The van der Waals surface area contributed by atoms with Crippen molar-refractivity contribution in [1.82, 2.24) is 9.97 Å². The quantitative estimate of drug-likeness (QED) is 0.207. The Labute approximate surface area is 189 Å². The van der Waals surface area contributed by atoms with E-state index in [4.69, 9.17) is 15.2 Å². The summed E-state index contributed by atoms with van der Waals surface area (Å²) >= 11 is 0. The number of allylic oxidation sites excluding steroid dienone is 1. The summed E-state index contributed by atoms with van der Waals surface area (Å²) in [6.07, 6.45) is 5.34. The summed E-state index contributed by atoms with van der Waals surface area (Å²) in [7, 11) is -1.11. The van der Waals surface area contributed by atoms with Crippen LogP contribution in [0.2, 0.25) is 25.7 Å². The molecule has 0 aliphatic carbocycles. The summed E-state index contributed by atoms with van der Waals surface area (Å²) in [4.78, 5) is 23.8. The zero-order chi connectivity index (χ0) is 23.0. The van der Waals surface area contributed by atoms with Gasteiger partial charge in [-0.05, 0) is 54.7 Å². The summed E-state index contributed by atoms with van der Waals surface area (Å²) in [6.45, 7) is 7.98. The Hall–Kier alpha value is -3.36. The number of hydrogen-bond donors (Lipinski definition) is 1. The Morgan fingerprint density at radius 2 is 1.84 bits per heavy atom. The molecule has 32 heavy (non-hydrogen) atoms. The van der Waals surface area contributed by atoms with Gasteiger partial charge in [-0.1, -0.05) is 19.6 Å². The molecule has 7 nitrogen and oxygen atoms in total. The van der Waals surface area contributed by atoms with Crippen LogP contribution in [0.25, 0.3) is 11.0 Å². The van der Waals surface area contributed by atoms with Crippen LogP contribution in [0.1, 0.15) is 16.1 Å². The Morgan fingerprint density at radius 1 is 1.09 bits per heavy atom. The largest absolute Gasteiger partial charge is 0.457 e. The minimum absolute atomic E-state index is 0.298. The van der Waals surface area contributed by atoms with E-state index in [-0.39, 0.29) is 0 Å². The van der Waals surface area contributed by atoms with E-state index in [0.717, 1.165) is 23.9 Å². The molecule has 0 bridgehead atoms. The van der Waals surface area contributed by atoms with E-state index in [2.05, 4.69) is 34.6 Å². The number of rotatable bonds is 10. The van der Waals surface area contributed by atoms with Gasteiger partial charge in [0.05, 0.1) is 22.9 Å². The normalized spacial score (nSPS) is 12.4. The van der Waals surface area contributed by atoms with Crippen LogP contribution in [0.5, 0.6) is 11.5 Å². The SMILES string of the molecule is C[Si](C)(C)CCOC/N=C(/C=C\N)c1ccc(Oc2ccc3nc(C=O)cnc3c2)cc1. The first kappa shape index (κ1) is 23.3. The topological polar surface area (TPSA) is 99.7 Å². The van der Waals surface area contributed by atoms with Crippen molar-refractivity contribution in [2.75, 3.05) is 13.3 Å². The molecular weight excluding hydrogens is 420 g/mol. The fourth-order valence-electron chi connectivity index (χ4n) is 2.84. The van der Waals surface area contributed by atoms with Crippen LogP contribution in [-0.4, -0.2) is 43.4 Å². The van der Waals surface area contributed by atoms with Gasteiger partial charge in [0.2, 0.25) is 0 Å². The summed E-state index contributed by atoms with van der Waals surface area (Å²) < 4.78 is 11.6. The van der Waals surface area contributed by atoms with E-state index in [1.165, 1.54) is 12.4 Å². The van der Waals surface area contributed by atoms with Crippen LogP contribution in [0.4, 0.5) is 0 Å². The second-order valence-corrected chi connectivity index (χ2v) is 14.1. The third kappa shape index (κ3) is 6.83. The first-order valence-electron chi connectivity index (χ1n) is 10.4. The van der Waals surface area contributed by atoms with Crippen LogP contribution >= 0.6 is 0 Å². The number of aromatic nitrogens is 2. The number of nitrogens with two attached hydrogens (primary N) is 1. The van der Waals surface area contributed by atoms with Gasteiger partial charge >= 0.3 is 0 Å². The molecule has 0 radical (unpaired) electrons. The molecule has 3 rings (SSSR count). The number of carbonyl (C=O) groups excluding carboxylic acids is 1. The second kappa shape index (κ2) is 10.8. The van der Waals surface area contributed by atoms with Crippen molar-refractivity contribution in [3.8, 4) is 11.5 Å². The highest BCUT2D eigenvalue weighted by Gasteiger charge is 2.12. The molecule has 0 saturated carbocycles. The van der Waals surface area contributed by atoms with Gasteiger partial charge in [0.15, 0.2) is 6.29 Å². The van der Waals surface area contributed by atoms with E-state index in [1.54, 1.807) is 24.3 Å². The number of nitrogens with zero attached hydrogens (tertiary/aromatic N) is 3. The molecule has 0 fully saturated rings. The summed E-state index contributed by atoms with van der Waals surface area (Å²) in [5, 5.41) is 0. The smallest absolute Gasteiger partial charge is 0.170 e. The van der Waals surface area contributed by atoms with Gasteiger partial charge in [0.1, 0.15) is 23.9 Å². The molecule has 3 aromatic rings. The standard InChI is InChI=1S/C24H28N4O3Si/c1-32(2,3)13-12-30-17-27-22(10-11-25)18-4-6-20(7-5-18)31-21-8-9-23-24(14-21)26-15-19(16-29)28-23/h4-11,14-16H,12-13,17,25H2,1-3H3/b11-10-,27-22-. The maximum absolute atomic E-state index is 10.8. The average Bonchev–Trinajstić information content (AvgIpc) is 2.77. The Kier molecular flexibility index (Phi) is 7.86. The van der Waals surface area contributed by atoms with E-state index < -0.39 is 8.07 Å². The van der Waals surface area contributed by atoms with E-state index in [9.17, 15) is 4.79 Å². The fraction of sp³-hybridized carbons (Fsp3) is 0.250. The van der Waals surface area contributed by atoms with Gasteiger partial charge in [0, 0.05) is 26.3 Å².